The second-order valence-electron chi connectivity index (χ2n) is 4.33. The molecule has 0 radical (unpaired) electrons. The SMILES string of the molecule is CC(C)N(C(=O)Oc1[c-]c(F)ccc1)C(C)C.[Li+]. The summed E-state index contributed by atoms with van der Waals surface area (Å²) in [6, 6.07) is 6.61. The number of ether oxygens (including phenoxy) is 1. The Kier molecular flexibility index (Phi) is 7.04. The minimum Gasteiger partial charge on any atom is -0.437 e. The Labute approximate surface area is 119 Å². The second kappa shape index (κ2) is 7.45. The van der Waals surface area contributed by atoms with Gasteiger partial charge in [0.05, 0.1) is 0 Å². The molecule has 0 unspecified atom stereocenters. The predicted molar refractivity (Wildman–Crippen MR) is 63.4 cm³/mol. The summed E-state index contributed by atoms with van der Waals surface area (Å²) >= 11 is 0. The molecule has 0 fully saturated rings. The molecule has 0 heterocycles. The molecule has 0 aliphatic rings. The number of halogens is 1. The molecule has 5 heteroatoms. The first kappa shape index (κ1) is 17.0. The number of amides is 1. The van der Waals surface area contributed by atoms with Gasteiger partial charge < -0.3 is 9.64 Å². The molecule has 0 saturated carbocycles. The van der Waals surface area contributed by atoms with Gasteiger partial charge in [-0.3, -0.25) is 0 Å². The fraction of sp³-hybridized carbons (Fsp3) is 0.462. The van der Waals surface area contributed by atoms with E-state index in [1.54, 1.807) is 4.90 Å². The maximum atomic E-state index is 12.9. The van der Waals surface area contributed by atoms with Crippen LogP contribution < -0.4 is 23.6 Å². The molecule has 1 aromatic rings. The summed E-state index contributed by atoms with van der Waals surface area (Å²) < 4.78 is 17.9. The smallest absolute Gasteiger partial charge is 0.437 e. The van der Waals surface area contributed by atoms with Crippen LogP contribution in [0.3, 0.4) is 0 Å². The standard InChI is InChI=1S/C13H17FNO2.Li/c1-9(2)15(10(3)4)13(16)17-12-7-5-6-11(14)8-12;/h5-7,9-10H,1-4H3;/q-1;+1. The first-order valence-electron chi connectivity index (χ1n) is 5.59. The van der Waals surface area contributed by atoms with Crippen molar-refractivity contribution in [3.05, 3.63) is 30.1 Å². The normalized spacial score (nSPS) is 10.2. The van der Waals surface area contributed by atoms with Crippen molar-refractivity contribution in [2.75, 3.05) is 0 Å². The number of hydrogen-bond acceptors (Lipinski definition) is 2. The molecule has 0 spiro atoms. The number of benzene rings is 1. The molecular weight excluding hydrogens is 228 g/mol. The molecule has 0 aliphatic carbocycles. The molecule has 0 saturated heterocycles. The van der Waals surface area contributed by atoms with E-state index in [-0.39, 0.29) is 36.7 Å². The Morgan fingerprint density at radius 1 is 1.28 bits per heavy atom. The molecule has 0 atom stereocenters. The minimum atomic E-state index is -0.545. The van der Waals surface area contributed by atoms with Crippen LogP contribution in [-0.2, 0) is 0 Å². The van der Waals surface area contributed by atoms with Gasteiger partial charge in [-0.25, -0.2) is 9.18 Å². The van der Waals surface area contributed by atoms with Crippen LogP contribution in [-0.4, -0.2) is 23.1 Å². The Morgan fingerprint density at radius 2 is 1.83 bits per heavy atom. The van der Waals surface area contributed by atoms with Gasteiger partial charge in [0, 0.05) is 23.7 Å². The van der Waals surface area contributed by atoms with E-state index in [2.05, 4.69) is 6.07 Å². The fourth-order valence-corrected chi connectivity index (χ4v) is 1.65. The van der Waals surface area contributed by atoms with Crippen molar-refractivity contribution in [1.29, 1.82) is 0 Å². The summed E-state index contributed by atoms with van der Waals surface area (Å²) in [4.78, 5) is 13.5. The Balaban J connectivity index is 0.00000289. The molecule has 1 rings (SSSR count). The third-order valence-electron chi connectivity index (χ3n) is 2.25. The van der Waals surface area contributed by atoms with Crippen LogP contribution in [0, 0.1) is 11.9 Å². The number of rotatable bonds is 3. The van der Waals surface area contributed by atoms with E-state index < -0.39 is 11.9 Å². The molecule has 1 aromatic carbocycles. The van der Waals surface area contributed by atoms with E-state index in [0.29, 0.717) is 0 Å². The molecule has 94 valence electrons. The van der Waals surface area contributed by atoms with Crippen LogP contribution in [0.5, 0.6) is 5.75 Å². The summed E-state index contributed by atoms with van der Waals surface area (Å²) in [6.45, 7) is 7.60. The van der Waals surface area contributed by atoms with E-state index >= 15 is 0 Å². The van der Waals surface area contributed by atoms with Crippen molar-refractivity contribution < 1.29 is 32.8 Å². The molecule has 1 amide bonds. The van der Waals surface area contributed by atoms with Crippen LogP contribution in [0.15, 0.2) is 18.2 Å². The van der Waals surface area contributed by atoms with Crippen LogP contribution in [0.1, 0.15) is 27.7 Å². The number of nitrogens with zero attached hydrogens (tertiary/aromatic N) is 1. The van der Waals surface area contributed by atoms with Crippen molar-refractivity contribution in [3.8, 4) is 5.75 Å². The van der Waals surface area contributed by atoms with Gasteiger partial charge in [-0.05, 0) is 27.7 Å². The summed E-state index contributed by atoms with van der Waals surface area (Å²) in [5, 5.41) is 0. The number of carbonyl (C=O) groups is 1. The largest absolute Gasteiger partial charge is 1.00 e. The van der Waals surface area contributed by atoms with Gasteiger partial charge in [0.15, 0.2) is 0 Å². The van der Waals surface area contributed by atoms with Gasteiger partial charge >= 0.3 is 25.0 Å². The number of hydrogen-bond donors (Lipinski definition) is 0. The van der Waals surface area contributed by atoms with E-state index in [4.69, 9.17) is 4.74 Å². The zero-order valence-electron chi connectivity index (χ0n) is 11.5. The van der Waals surface area contributed by atoms with Crippen molar-refractivity contribution in [1.82, 2.24) is 4.90 Å². The summed E-state index contributed by atoms with van der Waals surface area (Å²) in [5.41, 5.74) is 0. The third-order valence-corrected chi connectivity index (χ3v) is 2.25. The third kappa shape index (κ3) is 4.71. The molecule has 0 bridgehead atoms. The van der Waals surface area contributed by atoms with Gasteiger partial charge in [0.2, 0.25) is 0 Å². The van der Waals surface area contributed by atoms with Gasteiger partial charge in [0.25, 0.3) is 0 Å². The van der Waals surface area contributed by atoms with Crippen molar-refractivity contribution >= 4 is 6.09 Å². The minimum absolute atomic E-state index is 0. The number of carbonyl (C=O) groups excluding carboxylic acids is 1. The molecule has 3 nitrogen and oxygen atoms in total. The molecule has 0 aromatic heterocycles. The van der Waals surface area contributed by atoms with Crippen molar-refractivity contribution in [2.45, 2.75) is 39.8 Å². The van der Waals surface area contributed by atoms with E-state index in [0.717, 1.165) is 0 Å². The Hall–Kier alpha value is -0.983. The predicted octanol–water partition coefficient (Wildman–Crippen LogP) is 0.247. The van der Waals surface area contributed by atoms with Crippen molar-refractivity contribution in [3.63, 3.8) is 0 Å². The second-order valence-corrected chi connectivity index (χ2v) is 4.33. The summed E-state index contributed by atoms with van der Waals surface area (Å²) in [6.07, 6.45) is -0.489. The van der Waals surface area contributed by atoms with E-state index in [1.807, 2.05) is 27.7 Å². The van der Waals surface area contributed by atoms with Gasteiger partial charge in [-0.2, -0.15) is 6.07 Å². The summed E-state index contributed by atoms with van der Waals surface area (Å²) in [7, 11) is 0. The van der Waals surface area contributed by atoms with Gasteiger partial charge in [0.1, 0.15) is 0 Å². The average molecular weight is 245 g/mol. The van der Waals surface area contributed by atoms with Crippen molar-refractivity contribution in [2.24, 2.45) is 0 Å². The van der Waals surface area contributed by atoms with Crippen LogP contribution in [0.2, 0.25) is 0 Å². The molecular formula is C13H17FLiNO2. The van der Waals surface area contributed by atoms with Gasteiger partial charge in [-0.1, -0.05) is 0 Å². The van der Waals surface area contributed by atoms with Crippen LogP contribution in [0.4, 0.5) is 9.18 Å². The fourth-order valence-electron chi connectivity index (χ4n) is 1.65. The Morgan fingerprint density at radius 3 is 2.28 bits per heavy atom. The monoisotopic (exact) mass is 245 g/mol. The van der Waals surface area contributed by atoms with E-state index in [1.165, 1.54) is 18.2 Å². The zero-order chi connectivity index (χ0) is 13.0. The first-order chi connectivity index (χ1) is 7.91. The molecule has 0 aliphatic heterocycles. The Bertz CT molecular complexity index is 388. The van der Waals surface area contributed by atoms with Crippen LogP contribution >= 0.6 is 0 Å². The topological polar surface area (TPSA) is 29.5 Å². The first-order valence-corrected chi connectivity index (χ1v) is 5.59. The molecule has 18 heavy (non-hydrogen) atoms. The zero-order valence-corrected chi connectivity index (χ0v) is 11.5. The van der Waals surface area contributed by atoms with Crippen LogP contribution in [0.25, 0.3) is 0 Å². The average Bonchev–Trinajstić information content (AvgIpc) is 2.15. The maximum Gasteiger partial charge on any atom is 1.00 e. The molecule has 0 N–H and O–H groups in total. The summed E-state index contributed by atoms with van der Waals surface area (Å²) in [5.74, 6) is -0.447. The maximum absolute atomic E-state index is 12.9. The van der Waals surface area contributed by atoms with E-state index in [9.17, 15) is 9.18 Å². The quantitative estimate of drug-likeness (QED) is 0.564. The van der Waals surface area contributed by atoms with Gasteiger partial charge in [-0.15, -0.1) is 18.2 Å².